The lowest BCUT2D eigenvalue weighted by molar-refractivity contribution is 0.142. The van der Waals surface area contributed by atoms with Crippen LogP contribution in [0, 0.1) is 0 Å². The highest BCUT2D eigenvalue weighted by Crippen LogP contribution is 2.38. The molecule has 0 unspecified atom stereocenters. The largest absolute Gasteiger partial charge is 0.444 e. The molecule has 2 aliphatic rings. The first kappa shape index (κ1) is 15.0. The first-order valence-corrected chi connectivity index (χ1v) is 8.63. The second-order valence-corrected chi connectivity index (χ2v) is 6.45. The number of rotatable bonds is 3. The number of carbonyl (C=O) groups excluding carboxylic acids is 1. The first-order valence-electron chi connectivity index (χ1n) is 8.63. The molecule has 4 rings (SSSR count). The highest BCUT2D eigenvalue weighted by Gasteiger charge is 2.20. The zero-order valence-electron chi connectivity index (χ0n) is 13.7. The number of amides is 1. The van der Waals surface area contributed by atoms with Crippen molar-refractivity contribution in [3.63, 3.8) is 0 Å². The van der Waals surface area contributed by atoms with E-state index in [-0.39, 0.29) is 6.09 Å². The molecule has 122 valence electrons. The SMILES string of the molecule is O=C(NC1=CCCCC1)OCc1cccc2c1Cc1ccccc1-2. The normalized spacial score (nSPS) is 15.2. The standard InChI is InChI=1S/C21H21NO2/c23-21(22-17-9-2-1-3-10-17)24-14-16-8-6-12-19-18-11-5-4-7-15(18)13-20(16)19/h4-9,11-12H,1-3,10,13-14H2,(H,22,23). The Morgan fingerprint density at radius 1 is 1.04 bits per heavy atom. The third-order valence-corrected chi connectivity index (χ3v) is 4.86. The molecule has 0 aromatic heterocycles. The lowest BCUT2D eigenvalue weighted by atomic mass is 10.0. The van der Waals surface area contributed by atoms with Crippen molar-refractivity contribution in [3.05, 3.63) is 70.9 Å². The number of allylic oxidation sites excluding steroid dienone is 2. The lowest BCUT2D eigenvalue weighted by Crippen LogP contribution is -2.24. The van der Waals surface area contributed by atoms with Gasteiger partial charge in [-0.3, -0.25) is 5.32 Å². The van der Waals surface area contributed by atoms with Gasteiger partial charge in [-0.05, 0) is 59.9 Å². The predicted octanol–water partition coefficient (Wildman–Crippen LogP) is 4.94. The molecule has 1 amide bonds. The van der Waals surface area contributed by atoms with E-state index in [1.165, 1.54) is 28.7 Å². The highest BCUT2D eigenvalue weighted by atomic mass is 16.5. The Morgan fingerprint density at radius 2 is 1.92 bits per heavy atom. The van der Waals surface area contributed by atoms with Crippen LogP contribution in [0.4, 0.5) is 4.79 Å². The fourth-order valence-corrected chi connectivity index (χ4v) is 3.62. The number of hydrogen-bond donors (Lipinski definition) is 1. The number of fused-ring (bicyclic) bond motifs is 3. The third-order valence-electron chi connectivity index (χ3n) is 4.86. The summed E-state index contributed by atoms with van der Waals surface area (Å²) >= 11 is 0. The first-order chi connectivity index (χ1) is 11.8. The number of ether oxygens (including phenoxy) is 1. The Hall–Kier alpha value is -2.55. The maximum Gasteiger partial charge on any atom is 0.411 e. The Labute approximate surface area is 142 Å². The summed E-state index contributed by atoms with van der Waals surface area (Å²) in [5.41, 5.74) is 7.28. The van der Waals surface area contributed by atoms with Gasteiger partial charge in [0.2, 0.25) is 0 Å². The van der Waals surface area contributed by atoms with E-state index in [4.69, 9.17) is 4.74 Å². The second-order valence-electron chi connectivity index (χ2n) is 6.45. The minimum atomic E-state index is -0.351. The molecular weight excluding hydrogens is 298 g/mol. The zero-order chi connectivity index (χ0) is 16.4. The van der Waals surface area contributed by atoms with Crippen molar-refractivity contribution >= 4 is 6.09 Å². The van der Waals surface area contributed by atoms with Crippen molar-refractivity contribution < 1.29 is 9.53 Å². The van der Waals surface area contributed by atoms with Crippen molar-refractivity contribution in [1.29, 1.82) is 0 Å². The van der Waals surface area contributed by atoms with Gasteiger partial charge in [0, 0.05) is 5.70 Å². The average Bonchev–Trinajstić information content (AvgIpc) is 3.00. The van der Waals surface area contributed by atoms with Crippen molar-refractivity contribution in [3.8, 4) is 11.1 Å². The van der Waals surface area contributed by atoms with Crippen molar-refractivity contribution in [2.24, 2.45) is 0 Å². The minimum absolute atomic E-state index is 0.316. The summed E-state index contributed by atoms with van der Waals surface area (Å²) in [5.74, 6) is 0. The molecule has 1 N–H and O–H groups in total. The molecule has 24 heavy (non-hydrogen) atoms. The maximum absolute atomic E-state index is 12.0. The van der Waals surface area contributed by atoms with E-state index in [1.807, 2.05) is 6.07 Å². The molecule has 3 heteroatoms. The topological polar surface area (TPSA) is 38.3 Å². The van der Waals surface area contributed by atoms with Gasteiger partial charge in [0.15, 0.2) is 0 Å². The van der Waals surface area contributed by atoms with Crippen LogP contribution in [0.15, 0.2) is 54.2 Å². The van der Waals surface area contributed by atoms with Gasteiger partial charge in [-0.2, -0.15) is 0 Å². The van der Waals surface area contributed by atoms with Crippen LogP contribution in [0.5, 0.6) is 0 Å². The summed E-state index contributed by atoms with van der Waals surface area (Å²) in [5, 5.41) is 2.87. The summed E-state index contributed by atoms with van der Waals surface area (Å²) < 4.78 is 5.46. The molecule has 0 aliphatic heterocycles. The molecular formula is C21H21NO2. The van der Waals surface area contributed by atoms with E-state index >= 15 is 0 Å². The van der Waals surface area contributed by atoms with E-state index < -0.39 is 0 Å². The molecule has 0 saturated carbocycles. The van der Waals surface area contributed by atoms with Crippen LogP contribution < -0.4 is 5.32 Å². The fraction of sp³-hybridized carbons (Fsp3) is 0.286. The van der Waals surface area contributed by atoms with Gasteiger partial charge in [-0.1, -0.05) is 48.5 Å². The molecule has 2 aliphatic carbocycles. The van der Waals surface area contributed by atoms with Gasteiger partial charge in [-0.15, -0.1) is 0 Å². The summed E-state index contributed by atoms with van der Waals surface area (Å²) in [4.78, 5) is 12.0. The van der Waals surface area contributed by atoms with Crippen LogP contribution in [0.3, 0.4) is 0 Å². The van der Waals surface area contributed by atoms with Crippen molar-refractivity contribution in [1.82, 2.24) is 5.32 Å². The van der Waals surface area contributed by atoms with Crippen LogP contribution in [-0.2, 0) is 17.8 Å². The van der Waals surface area contributed by atoms with Gasteiger partial charge in [0.25, 0.3) is 0 Å². The van der Waals surface area contributed by atoms with E-state index in [2.05, 4.69) is 47.8 Å². The van der Waals surface area contributed by atoms with Crippen LogP contribution >= 0.6 is 0 Å². The molecule has 2 aromatic carbocycles. The van der Waals surface area contributed by atoms with Crippen LogP contribution in [0.1, 0.15) is 42.4 Å². The zero-order valence-corrected chi connectivity index (χ0v) is 13.7. The Kier molecular flexibility index (Phi) is 4.08. The molecule has 0 saturated heterocycles. The molecule has 0 bridgehead atoms. The van der Waals surface area contributed by atoms with Crippen LogP contribution in [0.25, 0.3) is 11.1 Å². The molecule has 0 atom stereocenters. The molecule has 0 radical (unpaired) electrons. The number of alkyl carbamates (subject to hydrolysis) is 1. The van der Waals surface area contributed by atoms with E-state index in [9.17, 15) is 4.79 Å². The van der Waals surface area contributed by atoms with E-state index in [0.29, 0.717) is 6.61 Å². The van der Waals surface area contributed by atoms with Crippen molar-refractivity contribution in [2.45, 2.75) is 38.7 Å². The molecule has 0 heterocycles. The quantitative estimate of drug-likeness (QED) is 0.742. The third kappa shape index (κ3) is 2.94. The van der Waals surface area contributed by atoms with E-state index in [1.54, 1.807) is 0 Å². The van der Waals surface area contributed by atoms with Gasteiger partial charge >= 0.3 is 6.09 Å². The average molecular weight is 319 g/mol. The Balaban J connectivity index is 1.45. The van der Waals surface area contributed by atoms with Crippen LogP contribution in [-0.4, -0.2) is 6.09 Å². The minimum Gasteiger partial charge on any atom is -0.444 e. The molecule has 0 fully saturated rings. The molecule has 0 spiro atoms. The molecule has 3 nitrogen and oxygen atoms in total. The summed E-state index contributed by atoms with van der Waals surface area (Å²) in [6.45, 7) is 0.316. The maximum atomic E-state index is 12.0. The monoisotopic (exact) mass is 319 g/mol. The van der Waals surface area contributed by atoms with Crippen LogP contribution in [0.2, 0.25) is 0 Å². The Bertz CT molecular complexity index is 807. The number of nitrogens with one attached hydrogen (secondary N) is 1. The lowest BCUT2D eigenvalue weighted by Gasteiger charge is -2.14. The predicted molar refractivity (Wildman–Crippen MR) is 94.6 cm³/mol. The molecule has 2 aromatic rings. The Morgan fingerprint density at radius 3 is 2.79 bits per heavy atom. The number of hydrogen-bond acceptors (Lipinski definition) is 2. The van der Waals surface area contributed by atoms with Gasteiger partial charge in [0.1, 0.15) is 6.61 Å². The number of carbonyl (C=O) groups is 1. The highest BCUT2D eigenvalue weighted by molar-refractivity contribution is 5.78. The summed E-state index contributed by atoms with van der Waals surface area (Å²) in [6, 6.07) is 14.7. The number of benzene rings is 2. The van der Waals surface area contributed by atoms with E-state index in [0.717, 1.165) is 36.9 Å². The van der Waals surface area contributed by atoms with Gasteiger partial charge < -0.3 is 4.74 Å². The smallest absolute Gasteiger partial charge is 0.411 e. The summed E-state index contributed by atoms with van der Waals surface area (Å²) in [7, 11) is 0. The summed E-state index contributed by atoms with van der Waals surface area (Å²) in [6.07, 6.45) is 6.98. The fourth-order valence-electron chi connectivity index (χ4n) is 3.62. The van der Waals surface area contributed by atoms with Crippen molar-refractivity contribution in [2.75, 3.05) is 0 Å². The second kappa shape index (κ2) is 6.52. The van der Waals surface area contributed by atoms with Gasteiger partial charge in [0.05, 0.1) is 0 Å². The van der Waals surface area contributed by atoms with Gasteiger partial charge in [-0.25, -0.2) is 4.79 Å².